The van der Waals surface area contributed by atoms with Gasteiger partial charge in [-0.1, -0.05) is 24.3 Å². The standard InChI is InChI=1S/C21H23N3O2/c1-26-21(25)17-4-2-15(3-5-17)14-24-11-8-18-12-19(13-23-20(18)24)16-6-9-22-10-7-16/h2,4-6,8,11-13,15,22H,3,7,9-10,14H2,1H3. The van der Waals surface area contributed by atoms with Gasteiger partial charge in [0.25, 0.3) is 0 Å². The zero-order chi connectivity index (χ0) is 17.9. The van der Waals surface area contributed by atoms with Crippen LogP contribution in [0.2, 0.25) is 0 Å². The van der Waals surface area contributed by atoms with E-state index in [1.165, 1.54) is 23.6 Å². The van der Waals surface area contributed by atoms with Gasteiger partial charge in [-0.3, -0.25) is 0 Å². The highest BCUT2D eigenvalue weighted by Gasteiger charge is 2.16. The number of nitrogens with one attached hydrogen (secondary N) is 1. The number of aromatic nitrogens is 2. The predicted molar refractivity (Wildman–Crippen MR) is 103 cm³/mol. The summed E-state index contributed by atoms with van der Waals surface area (Å²) in [5.41, 5.74) is 4.25. The second kappa shape index (κ2) is 7.30. The highest BCUT2D eigenvalue weighted by molar-refractivity contribution is 5.91. The fourth-order valence-electron chi connectivity index (χ4n) is 3.61. The topological polar surface area (TPSA) is 56.1 Å². The Labute approximate surface area is 153 Å². The number of rotatable bonds is 4. The van der Waals surface area contributed by atoms with Gasteiger partial charge in [0.1, 0.15) is 5.65 Å². The van der Waals surface area contributed by atoms with Crippen molar-refractivity contribution in [2.45, 2.75) is 19.4 Å². The lowest BCUT2D eigenvalue weighted by Crippen LogP contribution is -2.20. The highest BCUT2D eigenvalue weighted by atomic mass is 16.5. The third-order valence-electron chi connectivity index (χ3n) is 5.08. The van der Waals surface area contributed by atoms with Crippen LogP contribution in [0.4, 0.5) is 0 Å². The lowest BCUT2D eigenvalue weighted by atomic mass is 9.96. The van der Waals surface area contributed by atoms with Crippen LogP contribution in [0.3, 0.4) is 0 Å². The summed E-state index contributed by atoms with van der Waals surface area (Å²) in [6.45, 7) is 2.81. The zero-order valence-electron chi connectivity index (χ0n) is 14.9. The number of pyridine rings is 1. The Morgan fingerprint density at radius 2 is 2.35 bits per heavy atom. The molecule has 4 rings (SSSR count). The molecule has 0 amide bonds. The van der Waals surface area contributed by atoms with Crippen molar-refractivity contribution in [3.63, 3.8) is 0 Å². The minimum Gasteiger partial charge on any atom is -0.465 e. The van der Waals surface area contributed by atoms with Gasteiger partial charge < -0.3 is 14.6 Å². The first-order chi connectivity index (χ1) is 12.7. The normalized spacial score (nSPS) is 20.0. The molecule has 26 heavy (non-hydrogen) atoms. The van der Waals surface area contributed by atoms with Crippen molar-refractivity contribution in [3.8, 4) is 0 Å². The van der Waals surface area contributed by atoms with E-state index in [1.807, 2.05) is 18.3 Å². The first kappa shape index (κ1) is 16.8. The van der Waals surface area contributed by atoms with E-state index in [9.17, 15) is 4.79 Å². The summed E-state index contributed by atoms with van der Waals surface area (Å²) in [5, 5.41) is 4.52. The van der Waals surface area contributed by atoms with Gasteiger partial charge >= 0.3 is 5.97 Å². The molecule has 0 aromatic carbocycles. The van der Waals surface area contributed by atoms with Crippen molar-refractivity contribution < 1.29 is 9.53 Å². The number of fused-ring (bicyclic) bond motifs is 1. The monoisotopic (exact) mass is 349 g/mol. The molecule has 1 atom stereocenters. The molecular formula is C21H23N3O2. The van der Waals surface area contributed by atoms with Crippen LogP contribution in [0, 0.1) is 5.92 Å². The number of hydrogen-bond donors (Lipinski definition) is 1. The molecule has 0 saturated heterocycles. The van der Waals surface area contributed by atoms with Crippen LogP contribution >= 0.6 is 0 Å². The van der Waals surface area contributed by atoms with Gasteiger partial charge in [0.05, 0.1) is 12.7 Å². The molecule has 3 heterocycles. The van der Waals surface area contributed by atoms with E-state index in [0.717, 1.165) is 38.1 Å². The number of esters is 1. The maximum atomic E-state index is 11.6. The number of methoxy groups -OCH3 is 1. The molecule has 5 heteroatoms. The Morgan fingerprint density at radius 1 is 1.42 bits per heavy atom. The number of carbonyl (C=O) groups is 1. The van der Waals surface area contributed by atoms with Gasteiger partial charge in [0.2, 0.25) is 0 Å². The van der Waals surface area contributed by atoms with Crippen LogP contribution in [0.25, 0.3) is 16.6 Å². The summed E-state index contributed by atoms with van der Waals surface area (Å²) >= 11 is 0. The number of allylic oxidation sites excluding steroid dienone is 2. The predicted octanol–water partition coefficient (Wildman–Crippen LogP) is 3.09. The maximum Gasteiger partial charge on any atom is 0.337 e. The van der Waals surface area contributed by atoms with Crippen molar-refractivity contribution in [3.05, 3.63) is 60.0 Å². The van der Waals surface area contributed by atoms with Gasteiger partial charge in [-0.15, -0.1) is 0 Å². The van der Waals surface area contributed by atoms with Crippen molar-refractivity contribution in [2.75, 3.05) is 20.2 Å². The minimum absolute atomic E-state index is 0.271. The average molecular weight is 349 g/mol. The minimum atomic E-state index is -0.271. The summed E-state index contributed by atoms with van der Waals surface area (Å²) in [5.74, 6) is 0.0835. The molecule has 1 aliphatic heterocycles. The van der Waals surface area contributed by atoms with Crippen molar-refractivity contribution in [2.24, 2.45) is 5.92 Å². The fraction of sp³-hybridized carbons (Fsp3) is 0.333. The summed E-state index contributed by atoms with van der Waals surface area (Å²) in [7, 11) is 1.41. The van der Waals surface area contributed by atoms with E-state index >= 15 is 0 Å². The molecule has 2 aromatic rings. The summed E-state index contributed by atoms with van der Waals surface area (Å²) < 4.78 is 6.96. The second-order valence-electron chi connectivity index (χ2n) is 6.79. The Bertz CT molecular complexity index is 920. The number of ether oxygens (including phenoxy) is 1. The number of nitrogens with zero attached hydrogens (tertiary/aromatic N) is 2. The number of hydrogen-bond acceptors (Lipinski definition) is 4. The Kier molecular flexibility index (Phi) is 4.71. The molecule has 0 saturated carbocycles. The van der Waals surface area contributed by atoms with Gasteiger partial charge in [-0.25, -0.2) is 9.78 Å². The van der Waals surface area contributed by atoms with Gasteiger partial charge in [0, 0.05) is 30.9 Å². The van der Waals surface area contributed by atoms with E-state index in [4.69, 9.17) is 9.72 Å². The Balaban J connectivity index is 1.50. The third kappa shape index (κ3) is 3.35. The van der Waals surface area contributed by atoms with Gasteiger partial charge in [-0.2, -0.15) is 0 Å². The molecule has 0 spiro atoms. The first-order valence-corrected chi connectivity index (χ1v) is 9.06. The molecule has 2 aromatic heterocycles. The second-order valence-corrected chi connectivity index (χ2v) is 6.79. The lowest BCUT2D eigenvalue weighted by Gasteiger charge is -2.17. The fourth-order valence-corrected chi connectivity index (χ4v) is 3.61. The van der Waals surface area contributed by atoms with Crippen LogP contribution in [-0.2, 0) is 16.1 Å². The largest absolute Gasteiger partial charge is 0.465 e. The quantitative estimate of drug-likeness (QED) is 0.862. The van der Waals surface area contributed by atoms with E-state index < -0.39 is 0 Å². The summed E-state index contributed by atoms with van der Waals surface area (Å²) in [6.07, 6.45) is 14.1. The van der Waals surface area contributed by atoms with Crippen molar-refractivity contribution in [1.82, 2.24) is 14.9 Å². The van der Waals surface area contributed by atoms with E-state index in [1.54, 1.807) is 0 Å². The summed E-state index contributed by atoms with van der Waals surface area (Å²) in [6, 6.07) is 4.37. The first-order valence-electron chi connectivity index (χ1n) is 9.06. The molecule has 0 fully saturated rings. The molecule has 0 bridgehead atoms. The van der Waals surface area contributed by atoms with Gasteiger partial charge in [0.15, 0.2) is 0 Å². The highest BCUT2D eigenvalue weighted by Crippen LogP contribution is 2.25. The van der Waals surface area contributed by atoms with Crippen molar-refractivity contribution >= 4 is 22.6 Å². The zero-order valence-corrected chi connectivity index (χ0v) is 14.9. The van der Waals surface area contributed by atoms with Crippen LogP contribution in [0.15, 0.2) is 54.4 Å². The Hall–Kier alpha value is -2.66. The smallest absolute Gasteiger partial charge is 0.337 e. The van der Waals surface area contributed by atoms with Gasteiger partial charge in [-0.05, 0) is 48.6 Å². The van der Waals surface area contributed by atoms with Crippen LogP contribution in [0.5, 0.6) is 0 Å². The van der Waals surface area contributed by atoms with E-state index in [2.05, 4.69) is 40.4 Å². The molecule has 5 nitrogen and oxygen atoms in total. The van der Waals surface area contributed by atoms with Crippen molar-refractivity contribution in [1.29, 1.82) is 0 Å². The Morgan fingerprint density at radius 3 is 3.08 bits per heavy atom. The molecule has 1 N–H and O–H groups in total. The molecular weight excluding hydrogens is 326 g/mol. The summed E-state index contributed by atoms with van der Waals surface area (Å²) in [4.78, 5) is 16.3. The number of carbonyl (C=O) groups excluding carboxylic acids is 1. The third-order valence-corrected chi connectivity index (χ3v) is 5.08. The molecule has 134 valence electrons. The maximum absolute atomic E-state index is 11.6. The van der Waals surface area contributed by atoms with Crippen LogP contribution in [0.1, 0.15) is 18.4 Å². The lowest BCUT2D eigenvalue weighted by molar-refractivity contribution is -0.135. The average Bonchev–Trinajstić information content (AvgIpc) is 3.10. The van der Waals surface area contributed by atoms with E-state index in [-0.39, 0.29) is 5.97 Å². The van der Waals surface area contributed by atoms with Crippen LogP contribution in [-0.4, -0.2) is 35.7 Å². The molecule has 1 aliphatic carbocycles. The van der Waals surface area contributed by atoms with E-state index in [0.29, 0.717) is 11.5 Å². The molecule has 1 unspecified atom stereocenters. The molecule has 0 radical (unpaired) electrons. The molecule has 2 aliphatic rings. The SMILES string of the molecule is COC(=O)C1=CCC(Cn2ccc3cc(C4=CCNCC4)cnc32)C=C1. The van der Waals surface area contributed by atoms with Crippen LogP contribution < -0.4 is 5.32 Å².